The zero-order valence-corrected chi connectivity index (χ0v) is 12.9. The smallest absolute Gasteiger partial charge is 0.165 e. The van der Waals surface area contributed by atoms with Crippen LogP contribution in [0.4, 0.5) is 0 Å². The zero-order chi connectivity index (χ0) is 14.8. The number of ether oxygens (including phenoxy) is 2. The molecule has 0 radical (unpaired) electrons. The molecule has 1 heterocycles. The van der Waals surface area contributed by atoms with Gasteiger partial charge in [-0.3, -0.25) is 0 Å². The van der Waals surface area contributed by atoms with Crippen molar-refractivity contribution >= 4 is 11.6 Å². The molecule has 2 aromatic rings. The minimum absolute atomic E-state index is 0.0203. The molecule has 0 spiro atoms. The quantitative estimate of drug-likeness (QED) is 0.858. The first-order chi connectivity index (χ1) is 10.1. The predicted molar refractivity (Wildman–Crippen MR) is 84.2 cm³/mol. The van der Waals surface area contributed by atoms with E-state index < -0.39 is 0 Å². The maximum absolute atomic E-state index is 6.16. The van der Waals surface area contributed by atoms with Crippen LogP contribution in [0.2, 0.25) is 5.02 Å². The Balaban J connectivity index is 1.86. The number of nitrogens with zero attached hydrogens (tertiary/aromatic N) is 1. The molecule has 0 saturated heterocycles. The Morgan fingerprint density at radius 2 is 1.81 bits per heavy atom. The Morgan fingerprint density at radius 3 is 2.52 bits per heavy atom. The summed E-state index contributed by atoms with van der Waals surface area (Å²) in [7, 11) is 4.07. The minimum Gasteiger partial charge on any atom is -0.484 e. The average molecular weight is 304 g/mol. The van der Waals surface area contributed by atoms with Crippen LogP contribution in [-0.2, 0) is 0 Å². The van der Waals surface area contributed by atoms with Crippen LogP contribution in [0.5, 0.6) is 11.5 Å². The van der Waals surface area contributed by atoms with Gasteiger partial charge in [0, 0.05) is 17.1 Å². The van der Waals surface area contributed by atoms with E-state index in [2.05, 4.69) is 11.0 Å². The van der Waals surface area contributed by atoms with Gasteiger partial charge >= 0.3 is 0 Å². The molecule has 2 atom stereocenters. The fraction of sp³-hybridized carbons (Fsp3) is 0.294. The number of hydrogen-bond donors (Lipinski definition) is 0. The van der Waals surface area contributed by atoms with Crippen molar-refractivity contribution in [3.63, 3.8) is 0 Å². The minimum atomic E-state index is -0.107. The van der Waals surface area contributed by atoms with Crippen molar-refractivity contribution in [1.82, 2.24) is 4.90 Å². The molecule has 0 saturated carbocycles. The molecule has 0 amide bonds. The van der Waals surface area contributed by atoms with E-state index in [9.17, 15) is 0 Å². The van der Waals surface area contributed by atoms with Gasteiger partial charge in [-0.1, -0.05) is 29.8 Å². The molecule has 0 bridgehead atoms. The molecule has 1 aliphatic rings. The number of para-hydroxylation sites is 1. The standard InChI is InChI=1S/C17H18ClNO2/c1-19(2)11-16-17(14-5-3-4-6-15(14)21-16)20-13-9-7-12(18)8-10-13/h3-10,16-17H,11H2,1-2H3/t16-,17-/m1/s1. The monoisotopic (exact) mass is 303 g/mol. The van der Waals surface area contributed by atoms with Gasteiger partial charge in [0.15, 0.2) is 12.2 Å². The second-order valence-electron chi connectivity index (χ2n) is 5.45. The normalized spacial score (nSPS) is 20.2. The predicted octanol–water partition coefficient (Wildman–Crippen LogP) is 3.78. The molecular formula is C17H18ClNO2. The summed E-state index contributed by atoms with van der Waals surface area (Å²) in [5, 5.41) is 0.704. The third-order valence-electron chi connectivity index (χ3n) is 3.46. The van der Waals surface area contributed by atoms with Crippen LogP contribution in [0.25, 0.3) is 0 Å². The molecule has 110 valence electrons. The topological polar surface area (TPSA) is 21.7 Å². The molecule has 1 aliphatic heterocycles. The number of fused-ring (bicyclic) bond motifs is 1. The van der Waals surface area contributed by atoms with E-state index in [-0.39, 0.29) is 12.2 Å². The molecule has 3 nitrogen and oxygen atoms in total. The molecule has 4 heteroatoms. The van der Waals surface area contributed by atoms with Gasteiger partial charge < -0.3 is 14.4 Å². The first-order valence-corrected chi connectivity index (χ1v) is 7.34. The number of rotatable bonds is 4. The van der Waals surface area contributed by atoms with Crippen LogP contribution < -0.4 is 9.47 Å². The molecule has 2 aromatic carbocycles. The largest absolute Gasteiger partial charge is 0.484 e. The maximum Gasteiger partial charge on any atom is 0.165 e. The number of halogens is 1. The van der Waals surface area contributed by atoms with Crippen LogP contribution in [0.3, 0.4) is 0 Å². The van der Waals surface area contributed by atoms with E-state index in [4.69, 9.17) is 21.1 Å². The second-order valence-corrected chi connectivity index (χ2v) is 5.89. The lowest BCUT2D eigenvalue weighted by Gasteiger charge is -2.23. The highest BCUT2D eigenvalue weighted by Crippen LogP contribution is 2.39. The molecule has 21 heavy (non-hydrogen) atoms. The van der Waals surface area contributed by atoms with Gasteiger partial charge in [-0.2, -0.15) is 0 Å². The van der Waals surface area contributed by atoms with Crippen LogP contribution in [0.15, 0.2) is 48.5 Å². The number of likely N-dealkylation sites (N-methyl/N-ethyl adjacent to an activating group) is 1. The van der Waals surface area contributed by atoms with Crippen molar-refractivity contribution in [2.45, 2.75) is 12.2 Å². The SMILES string of the molecule is CN(C)C[C@H]1Oc2ccccc2[C@H]1Oc1ccc(Cl)cc1. The summed E-state index contributed by atoms with van der Waals surface area (Å²) in [5.74, 6) is 1.71. The summed E-state index contributed by atoms with van der Waals surface area (Å²) in [6.07, 6.45) is -0.127. The highest BCUT2D eigenvalue weighted by atomic mass is 35.5. The molecule has 0 aliphatic carbocycles. The number of hydrogen-bond acceptors (Lipinski definition) is 3. The lowest BCUT2D eigenvalue weighted by molar-refractivity contribution is 0.0667. The Labute approximate surface area is 130 Å². The molecular weight excluding hydrogens is 286 g/mol. The van der Waals surface area contributed by atoms with E-state index >= 15 is 0 Å². The van der Waals surface area contributed by atoms with Gasteiger partial charge in [-0.15, -0.1) is 0 Å². The van der Waals surface area contributed by atoms with Crippen LogP contribution in [0, 0.1) is 0 Å². The van der Waals surface area contributed by atoms with Gasteiger partial charge in [-0.05, 0) is 44.4 Å². The van der Waals surface area contributed by atoms with Crippen molar-refractivity contribution in [3.05, 3.63) is 59.1 Å². The van der Waals surface area contributed by atoms with Crippen molar-refractivity contribution in [2.24, 2.45) is 0 Å². The van der Waals surface area contributed by atoms with Crippen molar-refractivity contribution in [1.29, 1.82) is 0 Å². The van der Waals surface area contributed by atoms with Crippen molar-refractivity contribution < 1.29 is 9.47 Å². The summed E-state index contributed by atoms with van der Waals surface area (Å²) in [6, 6.07) is 15.5. The first kappa shape index (κ1) is 14.2. The van der Waals surface area contributed by atoms with Gasteiger partial charge in [0.25, 0.3) is 0 Å². The van der Waals surface area contributed by atoms with Gasteiger partial charge in [0.05, 0.1) is 0 Å². The van der Waals surface area contributed by atoms with E-state index in [1.54, 1.807) is 0 Å². The highest BCUT2D eigenvalue weighted by molar-refractivity contribution is 6.30. The summed E-state index contributed by atoms with van der Waals surface area (Å²) in [6.45, 7) is 0.799. The van der Waals surface area contributed by atoms with Crippen LogP contribution in [0.1, 0.15) is 11.7 Å². The maximum atomic E-state index is 6.16. The Morgan fingerprint density at radius 1 is 1.10 bits per heavy atom. The molecule has 0 fully saturated rings. The molecule has 0 unspecified atom stereocenters. The van der Waals surface area contributed by atoms with Gasteiger partial charge in [0.2, 0.25) is 0 Å². The fourth-order valence-electron chi connectivity index (χ4n) is 2.54. The Kier molecular flexibility index (Phi) is 4.04. The van der Waals surface area contributed by atoms with Crippen LogP contribution in [-0.4, -0.2) is 31.6 Å². The second kappa shape index (κ2) is 5.96. The summed E-state index contributed by atoms with van der Waals surface area (Å²) in [5.41, 5.74) is 1.10. The van der Waals surface area contributed by atoms with E-state index in [1.807, 2.05) is 56.6 Å². The lowest BCUT2D eigenvalue weighted by Crippen LogP contribution is -2.34. The summed E-state index contributed by atoms with van der Waals surface area (Å²) in [4.78, 5) is 2.11. The molecule has 3 rings (SSSR count). The Hall–Kier alpha value is -1.71. The first-order valence-electron chi connectivity index (χ1n) is 6.96. The average Bonchev–Trinajstić information content (AvgIpc) is 2.78. The van der Waals surface area contributed by atoms with Gasteiger partial charge in [0.1, 0.15) is 11.5 Å². The van der Waals surface area contributed by atoms with Crippen molar-refractivity contribution in [3.8, 4) is 11.5 Å². The fourth-order valence-corrected chi connectivity index (χ4v) is 2.67. The van der Waals surface area contributed by atoms with E-state index in [0.717, 1.165) is 23.6 Å². The molecule has 0 aromatic heterocycles. The van der Waals surface area contributed by atoms with E-state index in [0.29, 0.717) is 5.02 Å². The Bertz CT molecular complexity index is 612. The highest BCUT2D eigenvalue weighted by Gasteiger charge is 2.36. The summed E-state index contributed by atoms with van der Waals surface area (Å²) >= 11 is 5.92. The summed E-state index contributed by atoms with van der Waals surface area (Å²) < 4.78 is 12.2. The van der Waals surface area contributed by atoms with Crippen LogP contribution >= 0.6 is 11.6 Å². The van der Waals surface area contributed by atoms with E-state index in [1.165, 1.54) is 0 Å². The lowest BCUT2D eigenvalue weighted by atomic mass is 10.1. The molecule has 0 N–H and O–H groups in total. The third kappa shape index (κ3) is 3.14. The third-order valence-corrected chi connectivity index (χ3v) is 3.72. The van der Waals surface area contributed by atoms with Crippen molar-refractivity contribution in [2.75, 3.05) is 20.6 Å². The number of benzene rings is 2. The zero-order valence-electron chi connectivity index (χ0n) is 12.1. The van der Waals surface area contributed by atoms with Gasteiger partial charge in [-0.25, -0.2) is 0 Å².